The molecular formula is C23H29IO5. The SMILES string of the molecule is CCO[C@@H]1C(CI)OC(OC)[C@H](OCc2ccccc2)[C@H]1OCc1ccccc1. The van der Waals surface area contributed by atoms with Gasteiger partial charge in [0, 0.05) is 18.1 Å². The molecule has 1 fully saturated rings. The number of ether oxygens (including phenoxy) is 5. The Morgan fingerprint density at radius 2 is 1.34 bits per heavy atom. The second-order valence-corrected chi connectivity index (χ2v) is 7.76. The smallest absolute Gasteiger partial charge is 0.186 e. The highest BCUT2D eigenvalue weighted by molar-refractivity contribution is 14.1. The van der Waals surface area contributed by atoms with Crippen LogP contribution in [0.25, 0.3) is 0 Å². The molecule has 29 heavy (non-hydrogen) atoms. The first-order chi connectivity index (χ1) is 14.3. The van der Waals surface area contributed by atoms with Gasteiger partial charge in [-0.3, -0.25) is 0 Å². The summed E-state index contributed by atoms with van der Waals surface area (Å²) < 4.78 is 31.3. The van der Waals surface area contributed by atoms with E-state index >= 15 is 0 Å². The third-order valence-electron chi connectivity index (χ3n) is 4.91. The maximum atomic E-state index is 6.39. The Morgan fingerprint density at radius 3 is 1.83 bits per heavy atom. The molecule has 0 aliphatic carbocycles. The number of alkyl halides is 1. The Morgan fingerprint density at radius 1 is 0.793 bits per heavy atom. The lowest BCUT2D eigenvalue weighted by Gasteiger charge is -2.45. The zero-order chi connectivity index (χ0) is 20.5. The molecule has 2 aromatic carbocycles. The van der Waals surface area contributed by atoms with Gasteiger partial charge < -0.3 is 23.7 Å². The molecule has 0 spiro atoms. The molecule has 0 bridgehead atoms. The van der Waals surface area contributed by atoms with E-state index in [0.717, 1.165) is 15.6 Å². The largest absolute Gasteiger partial charge is 0.373 e. The van der Waals surface area contributed by atoms with Crippen molar-refractivity contribution >= 4 is 22.6 Å². The first-order valence-electron chi connectivity index (χ1n) is 9.93. The topological polar surface area (TPSA) is 46.2 Å². The molecule has 0 radical (unpaired) electrons. The molecule has 0 amide bonds. The number of hydrogen-bond donors (Lipinski definition) is 0. The molecular weight excluding hydrogens is 483 g/mol. The summed E-state index contributed by atoms with van der Waals surface area (Å²) in [7, 11) is 1.64. The van der Waals surface area contributed by atoms with Gasteiger partial charge in [0.05, 0.1) is 19.3 Å². The van der Waals surface area contributed by atoms with E-state index in [-0.39, 0.29) is 18.3 Å². The Kier molecular flexibility index (Phi) is 9.36. The lowest BCUT2D eigenvalue weighted by Crippen LogP contribution is -2.61. The number of methoxy groups -OCH3 is 1. The fourth-order valence-corrected chi connectivity index (χ4v) is 4.19. The van der Waals surface area contributed by atoms with E-state index in [0.29, 0.717) is 19.8 Å². The molecule has 1 saturated heterocycles. The number of halogens is 1. The van der Waals surface area contributed by atoms with Gasteiger partial charge in [-0.05, 0) is 18.1 Å². The molecule has 1 aliphatic heterocycles. The molecule has 2 unspecified atom stereocenters. The maximum Gasteiger partial charge on any atom is 0.186 e. The Labute approximate surface area is 186 Å². The minimum absolute atomic E-state index is 0.127. The van der Waals surface area contributed by atoms with Gasteiger partial charge in [-0.1, -0.05) is 83.3 Å². The summed E-state index contributed by atoms with van der Waals surface area (Å²) in [4.78, 5) is 0. The molecule has 5 atom stereocenters. The van der Waals surface area contributed by atoms with Gasteiger partial charge >= 0.3 is 0 Å². The van der Waals surface area contributed by atoms with Crippen molar-refractivity contribution in [3.05, 3.63) is 71.8 Å². The van der Waals surface area contributed by atoms with E-state index in [2.05, 4.69) is 34.7 Å². The summed E-state index contributed by atoms with van der Waals surface area (Å²) in [5, 5.41) is 0. The van der Waals surface area contributed by atoms with Crippen molar-refractivity contribution in [3.63, 3.8) is 0 Å². The first-order valence-corrected chi connectivity index (χ1v) is 11.5. The van der Waals surface area contributed by atoms with Crippen molar-refractivity contribution < 1.29 is 23.7 Å². The Hall–Kier alpha value is -1.03. The van der Waals surface area contributed by atoms with Gasteiger partial charge in [0.1, 0.15) is 18.3 Å². The zero-order valence-electron chi connectivity index (χ0n) is 16.9. The highest BCUT2D eigenvalue weighted by Crippen LogP contribution is 2.31. The van der Waals surface area contributed by atoms with Crippen LogP contribution in [-0.4, -0.2) is 48.9 Å². The summed E-state index contributed by atoms with van der Waals surface area (Å²) >= 11 is 2.32. The highest BCUT2D eigenvalue weighted by atomic mass is 127. The minimum atomic E-state index is -0.518. The predicted molar refractivity (Wildman–Crippen MR) is 120 cm³/mol. The molecule has 2 aromatic rings. The number of benzene rings is 2. The zero-order valence-corrected chi connectivity index (χ0v) is 19.1. The second-order valence-electron chi connectivity index (χ2n) is 6.88. The van der Waals surface area contributed by atoms with E-state index in [1.54, 1.807) is 7.11 Å². The Balaban J connectivity index is 1.79. The predicted octanol–water partition coefficient (Wildman–Crippen LogP) is 4.37. The standard InChI is InChI=1S/C23H29IO5/c1-3-26-20-19(14-24)29-23(25-2)22(28-16-18-12-8-5-9-13-18)21(20)27-15-17-10-6-4-7-11-17/h4-13,19-23H,3,14-16H2,1-2H3/t19?,20-,21+,22-,23?/m1/s1. The van der Waals surface area contributed by atoms with Gasteiger partial charge in [0.15, 0.2) is 6.29 Å². The fraction of sp³-hybridized carbons (Fsp3) is 0.478. The van der Waals surface area contributed by atoms with Gasteiger partial charge in [0.2, 0.25) is 0 Å². The monoisotopic (exact) mass is 512 g/mol. The van der Waals surface area contributed by atoms with Crippen LogP contribution in [0.3, 0.4) is 0 Å². The van der Waals surface area contributed by atoms with Crippen molar-refractivity contribution in [2.75, 3.05) is 18.1 Å². The summed E-state index contributed by atoms with van der Waals surface area (Å²) in [6, 6.07) is 20.2. The molecule has 6 heteroatoms. The van der Waals surface area contributed by atoms with Crippen LogP contribution < -0.4 is 0 Å². The summed E-state index contributed by atoms with van der Waals surface area (Å²) in [5.74, 6) is 0. The lowest BCUT2D eigenvalue weighted by molar-refractivity contribution is -0.311. The van der Waals surface area contributed by atoms with Crippen LogP contribution in [0.4, 0.5) is 0 Å². The quantitative estimate of drug-likeness (QED) is 0.350. The van der Waals surface area contributed by atoms with Crippen molar-refractivity contribution in [2.24, 2.45) is 0 Å². The highest BCUT2D eigenvalue weighted by Gasteiger charge is 2.48. The van der Waals surface area contributed by atoms with Crippen LogP contribution in [0.2, 0.25) is 0 Å². The average molecular weight is 512 g/mol. The molecule has 0 N–H and O–H groups in total. The van der Waals surface area contributed by atoms with Crippen LogP contribution in [0.1, 0.15) is 18.1 Å². The van der Waals surface area contributed by atoms with E-state index in [4.69, 9.17) is 23.7 Å². The summed E-state index contributed by atoms with van der Waals surface area (Å²) in [6.45, 7) is 3.49. The van der Waals surface area contributed by atoms with Crippen molar-refractivity contribution in [1.29, 1.82) is 0 Å². The van der Waals surface area contributed by atoms with Crippen LogP contribution in [-0.2, 0) is 36.9 Å². The lowest BCUT2D eigenvalue weighted by atomic mass is 9.98. The normalized spacial score (nSPS) is 27.1. The van der Waals surface area contributed by atoms with Crippen LogP contribution in [0.15, 0.2) is 60.7 Å². The van der Waals surface area contributed by atoms with E-state index in [1.807, 2.05) is 55.5 Å². The number of hydrogen-bond acceptors (Lipinski definition) is 5. The van der Waals surface area contributed by atoms with E-state index in [9.17, 15) is 0 Å². The van der Waals surface area contributed by atoms with Gasteiger partial charge in [-0.15, -0.1) is 0 Å². The second kappa shape index (κ2) is 12.0. The van der Waals surface area contributed by atoms with Crippen LogP contribution >= 0.6 is 22.6 Å². The van der Waals surface area contributed by atoms with Gasteiger partial charge in [-0.25, -0.2) is 0 Å². The van der Waals surface area contributed by atoms with E-state index in [1.165, 1.54) is 0 Å². The summed E-state index contributed by atoms with van der Waals surface area (Å²) in [6.07, 6.45) is -1.58. The molecule has 0 saturated carbocycles. The molecule has 0 aromatic heterocycles. The number of rotatable bonds is 10. The molecule has 1 aliphatic rings. The molecule has 158 valence electrons. The molecule has 5 nitrogen and oxygen atoms in total. The van der Waals surface area contributed by atoms with Crippen molar-refractivity contribution in [2.45, 2.75) is 50.8 Å². The minimum Gasteiger partial charge on any atom is -0.373 e. The third kappa shape index (κ3) is 6.23. The maximum absolute atomic E-state index is 6.39. The summed E-state index contributed by atoms with van der Waals surface area (Å²) in [5.41, 5.74) is 2.20. The third-order valence-corrected chi connectivity index (χ3v) is 5.77. The molecule has 1 heterocycles. The average Bonchev–Trinajstić information content (AvgIpc) is 2.78. The molecule has 3 rings (SSSR count). The van der Waals surface area contributed by atoms with Crippen molar-refractivity contribution in [1.82, 2.24) is 0 Å². The Bertz CT molecular complexity index is 699. The first kappa shape index (κ1) is 22.7. The fourth-order valence-electron chi connectivity index (χ4n) is 3.49. The van der Waals surface area contributed by atoms with Crippen LogP contribution in [0, 0.1) is 0 Å². The van der Waals surface area contributed by atoms with Gasteiger partial charge in [-0.2, -0.15) is 0 Å². The van der Waals surface area contributed by atoms with E-state index < -0.39 is 12.4 Å². The van der Waals surface area contributed by atoms with Crippen LogP contribution in [0.5, 0.6) is 0 Å². The van der Waals surface area contributed by atoms with Crippen molar-refractivity contribution in [3.8, 4) is 0 Å². The van der Waals surface area contributed by atoms with Gasteiger partial charge in [0.25, 0.3) is 0 Å².